The normalized spacial score (nSPS) is 5.54. The molecule has 0 unspecified atom stereocenters. The SMILES string of the molecule is CC(=O)[O-].CC(=O)[O-].O.[Cl][Co][Cl].[Co+2]. The first-order valence-electron chi connectivity index (χ1n) is 2.07. The van der Waals surface area contributed by atoms with Gasteiger partial charge in [-0.1, -0.05) is 0 Å². The Balaban J connectivity index is -0.0000000231. The second-order valence-corrected chi connectivity index (χ2v) is 2.75. The molecule has 5 nitrogen and oxygen atoms in total. The summed E-state index contributed by atoms with van der Waals surface area (Å²) < 4.78 is 0. The van der Waals surface area contributed by atoms with Crippen LogP contribution in [0, 0.1) is 0 Å². The molecule has 0 amide bonds. The van der Waals surface area contributed by atoms with E-state index in [0.29, 0.717) is 12.9 Å². The first-order valence-corrected chi connectivity index (χ1v) is 4.93. The third-order valence-electron chi connectivity index (χ3n) is 0. The van der Waals surface area contributed by atoms with Gasteiger partial charge in [0.15, 0.2) is 0 Å². The van der Waals surface area contributed by atoms with Gasteiger partial charge >= 0.3 is 50.0 Å². The molecule has 9 heteroatoms. The van der Waals surface area contributed by atoms with Crippen molar-refractivity contribution in [1.82, 2.24) is 0 Å². The van der Waals surface area contributed by atoms with Crippen molar-refractivity contribution in [2.75, 3.05) is 0 Å². The average molecular weight is 325 g/mol. The number of aliphatic carboxylic acids is 2. The summed E-state index contributed by atoms with van der Waals surface area (Å²) in [5.74, 6) is -2.17. The number of rotatable bonds is 0. The van der Waals surface area contributed by atoms with Crippen LogP contribution >= 0.6 is 20.3 Å². The van der Waals surface area contributed by atoms with Crippen molar-refractivity contribution in [2.45, 2.75) is 13.8 Å². The van der Waals surface area contributed by atoms with Crippen molar-refractivity contribution in [1.29, 1.82) is 0 Å². The van der Waals surface area contributed by atoms with Crippen LogP contribution in [0.3, 0.4) is 0 Å². The maximum absolute atomic E-state index is 8.89. The smallest absolute Gasteiger partial charge is 2.00 e. The van der Waals surface area contributed by atoms with E-state index in [1.165, 1.54) is 0 Å². The fourth-order valence-corrected chi connectivity index (χ4v) is 0. The summed E-state index contributed by atoms with van der Waals surface area (Å²) in [4.78, 5) is 17.8. The Morgan fingerprint density at radius 2 is 1.08 bits per heavy atom. The summed E-state index contributed by atoms with van der Waals surface area (Å²) in [6.45, 7) is 1.94. The molecule has 0 rings (SSSR count). The molecule has 0 aliphatic rings. The molecule has 0 heterocycles. The minimum Gasteiger partial charge on any atom is 2.00 e. The van der Waals surface area contributed by atoms with Crippen LogP contribution in [-0.4, -0.2) is 17.4 Å². The Hall–Kier alpha value is 0.493. The van der Waals surface area contributed by atoms with Crippen molar-refractivity contribution in [3.63, 3.8) is 0 Å². The average Bonchev–Trinajstić information content (AvgIpc) is 1.60. The van der Waals surface area contributed by atoms with E-state index >= 15 is 0 Å². The third-order valence-corrected chi connectivity index (χ3v) is 0. The number of carboxylic acids is 2. The zero-order chi connectivity index (χ0) is 9.86. The molecule has 0 aliphatic carbocycles. The predicted octanol–water partition coefficient (Wildman–Crippen LogP) is -1.94. The van der Waals surface area contributed by atoms with Gasteiger partial charge in [-0.2, -0.15) is 0 Å². The minimum absolute atomic E-state index is 0. The van der Waals surface area contributed by atoms with E-state index < -0.39 is 11.9 Å². The molecular weight excluding hydrogens is 317 g/mol. The van der Waals surface area contributed by atoms with E-state index in [1.807, 2.05) is 0 Å². The Morgan fingerprint density at radius 3 is 1.08 bits per heavy atom. The summed E-state index contributed by atoms with van der Waals surface area (Å²) in [6, 6.07) is 0. The van der Waals surface area contributed by atoms with Crippen LogP contribution in [0.2, 0.25) is 0 Å². The van der Waals surface area contributed by atoms with Crippen molar-refractivity contribution >= 4 is 32.2 Å². The molecule has 13 heavy (non-hydrogen) atoms. The zero-order valence-electron chi connectivity index (χ0n) is 6.56. The van der Waals surface area contributed by atoms with E-state index in [1.54, 1.807) is 0 Å². The Labute approximate surface area is 101 Å². The van der Waals surface area contributed by atoms with Crippen LogP contribution in [-0.2, 0) is 39.3 Å². The molecule has 0 aliphatic heterocycles. The van der Waals surface area contributed by atoms with Crippen LogP contribution < -0.4 is 10.2 Å². The molecule has 0 aromatic rings. The zero-order valence-corrected chi connectivity index (χ0v) is 10.1. The van der Waals surface area contributed by atoms with Gasteiger partial charge in [-0.25, -0.2) is 0 Å². The molecule has 0 saturated carbocycles. The van der Waals surface area contributed by atoms with E-state index in [-0.39, 0.29) is 22.3 Å². The number of halogens is 2. The van der Waals surface area contributed by atoms with E-state index in [2.05, 4.69) is 0 Å². The van der Waals surface area contributed by atoms with Gasteiger partial charge in [0.1, 0.15) is 0 Å². The largest absolute Gasteiger partial charge is 2.00 e. The number of hydrogen-bond acceptors (Lipinski definition) is 4. The van der Waals surface area contributed by atoms with Crippen molar-refractivity contribution in [3.8, 4) is 0 Å². The topological polar surface area (TPSA) is 112 Å². The number of carbonyl (C=O) groups is 2. The maximum atomic E-state index is 8.89. The number of carbonyl (C=O) groups excluding carboxylic acids is 2. The van der Waals surface area contributed by atoms with Gasteiger partial charge in [0.2, 0.25) is 0 Å². The second-order valence-electron chi connectivity index (χ2n) is 1.03. The number of carboxylic acid groups (broad SMARTS) is 2. The molecule has 0 aromatic heterocycles. The standard InChI is InChI=1S/2C2H4O2.2ClH.2Co.H2O/c2*1-2(3)4;;;;;/h2*1H3,(H,3,4);2*1H;;;1H2/q;;;;2*+2;/p-4. The first-order chi connectivity index (χ1) is 4.88. The van der Waals surface area contributed by atoms with E-state index in [0.717, 1.165) is 13.8 Å². The van der Waals surface area contributed by atoms with Crippen LogP contribution in [0.5, 0.6) is 0 Å². The van der Waals surface area contributed by atoms with E-state index in [9.17, 15) is 0 Å². The van der Waals surface area contributed by atoms with Gasteiger partial charge < -0.3 is 25.3 Å². The number of hydrogen-bond donors (Lipinski definition) is 0. The Kier molecular flexibility index (Phi) is 66.0. The first kappa shape index (κ1) is 29.2. The van der Waals surface area contributed by atoms with Gasteiger partial charge in [-0.15, -0.1) is 0 Å². The molecule has 0 atom stereocenters. The van der Waals surface area contributed by atoms with Gasteiger partial charge in [0.05, 0.1) is 0 Å². The molecule has 0 aromatic carbocycles. The maximum Gasteiger partial charge on any atom is 2.00 e. The monoisotopic (exact) mass is 324 g/mol. The molecule has 0 fully saturated rings. The van der Waals surface area contributed by atoms with Crippen LogP contribution in [0.25, 0.3) is 0 Å². The van der Waals surface area contributed by atoms with Crippen LogP contribution in [0.1, 0.15) is 13.8 Å². The Morgan fingerprint density at radius 1 is 1.08 bits per heavy atom. The van der Waals surface area contributed by atoms with Crippen LogP contribution in [0.4, 0.5) is 0 Å². The minimum atomic E-state index is -1.08. The van der Waals surface area contributed by atoms with Crippen molar-refractivity contribution in [3.05, 3.63) is 0 Å². The quantitative estimate of drug-likeness (QED) is 0.516. The fraction of sp³-hybridized carbons (Fsp3) is 0.500. The third kappa shape index (κ3) is 5660. The molecule has 0 spiro atoms. The molecular formula is C4H8Cl2Co2O5. The molecule has 1 radical (unpaired) electrons. The molecule has 86 valence electrons. The van der Waals surface area contributed by atoms with Gasteiger partial charge in [0, 0.05) is 11.9 Å². The summed E-state index contributed by atoms with van der Waals surface area (Å²) in [6.07, 6.45) is 0. The van der Waals surface area contributed by atoms with Gasteiger partial charge in [-0.3, -0.25) is 0 Å². The molecule has 0 saturated heterocycles. The summed E-state index contributed by atoms with van der Waals surface area (Å²) in [7, 11) is 9.47. The van der Waals surface area contributed by atoms with Crippen molar-refractivity contribution in [2.24, 2.45) is 0 Å². The summed E-state index contributed by atoms with van der Waals surface area (Å²) >= 11 is 0.382. The Bertz CT molecular complexity index is 92.7. The fourth-order valence-electron chi connectivity index (χ4n) is 0. The predicted molar refractivity (Wildman–Crippen MR) is 36.7 cm³/mol. The summed E-state index contributed by atoms with van der Waals surface area (Å²) in [5.41, 5.74) is 0. The second kappa shape index (κ2) is 29.4. The van der Waals surface area contributed by atoms with Crippen LogP contribution in [0.15, 0.2) is 0 Å². The van der Waals surface area contributed by atoms with Crippen molar-refractivity contribution < 1.29 is 54.9 Å². The van der Waals surface area contributed by atoms with Gasteiger partial charge in [0.25, 0.3) is 0 Å². The summed E-state index contributed by atoms with van der Waals surface area (Å²) in [5, 5.41) is 17.8. The van der Waals surface area contributed by atoms with E-state index in [4.69, 9.17) is 40.1 Å². The van der Waals surface area contributed by atoms with Gasteiger partial charge in [-0.05, 0) is 13.8 Å². The molecule has 2 N–H and O–H groups in total. The molecule has 0 bridgehead atoms.